The number of carbonyl (C=O) groups is 2. The second kappa shape index (κ2) is 10.6. The number of hydrogen-bond donors (Lipinski definition) is 0. The number of hydrogen-bond acceptors (Lipinski definition) is 6. The molecule has 0 N–H and O–H groups in total. The number of carbonyl (C=O) groups excluding carboxylic acids is 2. The van der Waals surface area contributed by atoms with Gasteiger partial charge in [-0.05, 0) is 37.3 Å². The maximum absolute atomic E-state index is 13.5. The van der Waals surface area contributed by atoms with E-state index in [4.69, 9.17) is 0 Å². The minimum atomic E-state index is -4.58. The molecule has 41 heavy (non-hydrogen) atoms. The summed E-state index contributed by atoms with van der Waals surface area (Å²) < 4.78 is 40.7. The van der Waals surface area contributed by atoms with Crippen molar-refractivity contribution >= 4 is 28.4 Å². The van der Waals surface area contributed by atoms with Crippen molar-refractivity contribution < 1.29 is 22.8 Å². The molecule has 0 unspecified atom stereocenters. The average molecular weight is 570 g/mol. The number of fused-ring (bicyclic) bond motifs is 2. The summed E-state index contributed by atoms with van der Waals surface area (Å²) in [6.45, 7) is 4.83. The summed E-state index contributed by atoms with van der Waals surface area (Å²) in [5.74, 6) is -0.941. The van der Waals surface area contributed by atoms with E-state index in [-0.39, 0.29) is 43.7 Å². The summed E-state index contributed by atoms with van der Waals surface area (Å²) in [5.41, 5.74) is 2.65. The van der Waals surface area contributed by atoms with Crippen LogP contribution in [-0.4, -0.2) is 74.1 Å². The zero-order valence-electron chi connectivity index (χ0n) is 23.2. The van der Waals surface area contributed by atoms with Crippen molar-refractivity contribution in [3.05, 3.63) is 47.7 Å². The van der Waals surface area contributed by atoms with E-state index in [0.717, 1.165) is 65.6 Å². The number of aryl methyl sites for hydroxylation is 1. The lowest BCUT2D eigenvalue weighted by Crippen LogP contribution is -2.50. The van der Waals surface area contributed by atoms with Crippen LogP contribution >= 0.6 is 0 Å². The zero-order valence-corrected chi connectivity index (χ0v) is 23.2. The Bertz CT molecular complexity index is 1460. The Morgan fingerprint density at radius 3 is 2.27 bits per heavy atom. The fraction of sp³-hybridized carbons (Fsp3) is 0.552. The number of piperazine rings is 1. The molecule has 2 aliphatic heterocycles. The first-order valence-corrected chi connectivity index (χ1v) is 14.3. The molecule has 12 heteroatoms. The van der Waals surface area contributed by atoms with E-state index in [2.05, 4.69) is 32.2 Å². The molecule has 9 nitrogen and oxygen atoms in total. The fourth-order valence-corrected chi connectivity index (χ4v) is 6.73. The number of amides is 2. The predicted octanol–water partition coefficient (Wildman–Crippen LogP) is 4.19. The molecule has 0 atom stereocenters. The summed E-state index contributed by atoms with van der Waals surface area (Å²) in [4.78, 5) is 37.3. The number of para-hydroxylation sites is 1. The third-order valence-corrected chi connectivity index (χ3v) is 8.87. The number of anilines is 1. The standard InChI is InChI=1S/C29H34F3N7O2/c1-20-16-23(21-6-2-3-7-22(21)33-20)36-10-12-37(13-11-36)25(40)17-28(8-4-5-9-28)18-26(41)38-14-15-39-24(19-38)34-35-27(39)29(30,31)32/h2-3,6-7,16H,4-5,8-15,17-19H2,1H3. The van der Waals surface area contributed by atoms with Crippen LogP contribution < -0.4 is 4.90 Å². The maximum atomic E-state index is 13.5. The van der Waals surface area contributed by atoms with Gasteiger partial charge in [0.2, 0.25) is 17.6 Å². The molecule has 2 amide bonds. The number of alkyl halides is 3. The van der Waals surface area contributed by atoms with Gasteiger partial charge in [0.05, 0.1) is 12.1 Å². The minimum Gasteiger partial charge on any atom is -0.367 e. The Hall–Kier alpha value is -3.70. The van der Waals surface area contributed by atoms with E-state index in [0.29, 0.717) is 19.5 Å². The Kier molecular flexibility index (Phi) is 7.11. The third kappa shape index (κ3) is 5.48. The van der Waals surface area contributed by atoms with Crippen molar-refractivity contribution in [1.82, 2.24) is 29.5 Å². The van der Waals surface area contributed by atoms with Gasteiger partial charge in [0.25, 0.3) is 0 Å². The highest BCUT2D eigenvalue weighted by molar-refractivity contribution is 5.92. The predicted molar refractivity (Wildman–Crippen MR) is 146 cm³/mol. The van der Waals surface area contributed by atoms with Crippen LogP contribution in [0, 0.1) is 12.3 Å². The minimum absolute atomic E-state index is 0.00291. The van der Waals surface area contributed by atoms with E-state index >= 15 is 0 Å². The highest BCUT2D eigenvalue weighted by Gasteiger charge is 2.43. The molecule has 3 aliphatic rings. The summed E-state index contributed by atoms with van der Waals surface area (Å²) >= 11 is 0. The van der Waals surface area contributed by atoms with Crippen molar-refractivity contribution in [2.24, 2.45) is 5.41 Å². The SMILES string of the molecule is Cc1cc(N2CCN(C(=O)CC3(CC(=O)N4CCn5c(nnc5C(F)(F)F)C4)CCCC3)CC2)c2ccccc2n1. The van der Waals surface area contributed by atoms with Crippen molar-refractivity contribution in [3.63, 3.8) is 0 Å². The van der Waals surface area contributed by atoms with E-state index in [1.807, 2.05) is 30.0 Å². The number of nitrogens with zero attached hydrogens (tertiary/aromatic N) is 7. The van der Waals surface area contributed by atoms with Crippen LogP contribution in [0.4, 0.5) is 18.9 Å². The van der Waals surface area contributed by atoms with Gasteiger partial charge in [-0.15, -0.1) is 10.2 Å². The lowest BCUT2D eigenvalue weighted by Gasteiger charge is -2.39. The van der Waals surface area contributed by atoms with Gasteiger partial charge in [0.15, 0.2) is 5.82 Å². The number of aromatic nitrogens is 4. The molecule has 1 aliphatic carbocycles. The van der Waals surface area contributed by atoms with Gasteiger partial charge < -0.3 is 19.3 Å². The van der Waals surface area contributed by atoms with Gasteiger partial charge in [-0.1, -0.05) is 31.0 Å². The molecule has 1 aromatic carbocycles. The number of pyridine rings is 1. The van der Waals surface area contributed by atoms with Crippen LogP contribution in [0.25, 0.3) is 10.9 Å². The Balaban J connectivity index is 1.08. The van der Waals surface area contributed by atoms with E-state index < -0.39 is 17.4 Å². The van der Waals surface area contributed by atoms with Crippen molar-refractivity contribution in [3.8, 4) is 0 Å². The Morgan fingerprint density at radius 2 is 1.56 bits per heavy atom. The molecule has 0 radical (unpaired) electrons. The van der Waals surface area contributed by atoms with Crippen molar-refractivity contribution in [1.29, 1.82) is 0 Å². The monoisotopic (exact) mass is 569 g/mol. The Labute approximate surface area is 236 Å². The fourth-order valence-electron chi connectivity index (χ4n) is 6.73. The highest BCUT2D eigenvalue weighted by Crippen LogP contribution is 2.45. The summed E-state index contributed by atoms with van der Waals surface area (Å²) in [6, 6.07) is 10.2. The molecule has 2 fully saturated rings. The van der Waals surface area contributed by atoms with E-state index in [1.54, 1.807) is 4.90 Å². The van der Waals surface area contributed by atoms with Crippen LogP contribution in [0.15, 0.2) is 30.3 Å². The topological polar surface area (TPSA) is 87.5 Å². The molecule has 4 heterocycles. The van der Waals surface area contributed by atoms with Gasteiger partial charge in [-0.25, -0.2) is 0 Å². The van der Waals surface area contributed by atoms with E-state index in [1.165, 1.54) is 0 Å². The number of benzene rings is 1. The summed E-state index contributed by atoms with van der Waals surface area (Å²) in [7, 11) is 0. The van der Waals surface area contributed by atoms with Crippen LogP contribution in [0.5, 0.6) is 0 Å². The first-order chi connectivity index (χ1) is 19.6. The molecule has 1 saturated heterocycles. The highest BCUT2D eigenvalue weighted by atomic mass is 19.4. The molecule has 2 aromatic heterocycles. The van der Waals surface area contributed by atoms with E-state index in [9.17, 15) is 22.8 Å². The summed E-state index contributed by atoms with van der Waals surface area (Å²) in [5, 5.41) is 8.11. The normalized spacial score (nSPS) is 19.1. The van der Waals surface area contributed by atoms with Crippen LogP contribution in [-0.2, 0) is 28.9 Å². The first kappa shape index (κ1) is 27.5. The van der Waals surface area contributed by atoms with Crippen LogP contribution in [0.3, 0.4) is 0 Å². The molecule has 3 aromatic rings. The average Bonchev–Trinajstić information content (AvgIpc) is 3.59. The van der Waals surface area contributed by atoms with Gasteiger partial charge in [0, 0.05) is 68.9 Å². The first-order valence-electron chi connectivity index (χ1n) is 14.3. The molecule has 0 bridgehead atoms. The van der Waals surface area contributed by atoms with Gasteiger partial charge in [-0.3, -0.25) is 14.6 Å². The maximum Gasteiger partial charge on any atom is 0.451 e. The number of rotatable bonds is 5. The molecule has 6 rings (SSSR count). The zero-order chi connectivity index (χ0) is 28.8. The smallest absolute Gasteiger partial charge is 0.367 e. The second-order valence-corrected chi connectivity index (χ2v) is 11.6. The second-order valence-electron chi connectivity index (χ2n) is 11.6. The van der Waals surface area contributed by atoms with Crippen molar-refractivity contribution in [2.45, 2.75) is 64.7 Å². The molecular weight excluding hydrogens is 535 g/mol. The van der Waals surface area contributed by atoms with Crippen LogP contribution in [0.2, 0.25) is 0 Å². The largest absolute Gasteiger partial charge is 0.451 e. The summed E-state index contributed by atoms with van der Waals surface area (Å²) in [6.07, 6.45) is -0.510. The number of halogens is 3. The van der Waals surface area contributed by atoms with Gasteiger partial charge >= 0.3 is 6.18 Å². The lowest BCUT2D eigenvalue weighted by atomic mass is 9.78. The Morgan fingerprint density at radius 1 is 0.902 bits per heavy atom. The van der Waals surface area contributed by atoms with Gasteiger partial charge in [0.1, 0.15) is 0 Å². The molecular formula is C29H34F3N7O2. The molecule has 0 spiro atoms. The molecule has 218 valence electrons. The lowest BCUT2D eigenvalue weighted by molar-refractivity contribution is -0.148. The van der Waals surface area contributed by atoms with Crippen LogP contribution in [0.1, 0.15) is 55.9 Å². The van der Waals surface area contributed by atoms with Crippen molar-refractivity contribution in [2.75, 3.05) is 37.6 Å². The molecule has 1 saturated carbocycles. The third-order valence-electron chi connectivity index (χ3n) is 8.87. The van der Waals surface area contributed by atoms with Gasteiger partial charge in [-0.2, -0.15) is 13.2 Å². The quantitative estimate of drug-likeness (QED) is 0.458.